The molecule has 0 unspecified atom stereocenters. The van der Waals surface area contributed by atoms with Gasteiger partial charge in [0.1, 0.15) is 0 Å². The van der Waals surface area contributed by atoms with E-state index >= 15 is 0 Å². The molecule has 0 aliphatic carbocycles. The maximum atomic E-state index is 10.3. The Morgan fingerprint density at radius 1 is 1.29 bits per heavy atom. The molecule has 5 heteroatoms. The van der Waals surface area contributed by atoms with Crippen LogP contribution in [0.4, 0.5) is 11.4 Å². The molecule has 92 valence electrons. The molecule has 0 saturated carbocycles. The fourth-order valence-corrected chi connectivity index (χ4v) is 2.27. The SMILES string of the molecule is CN1CCN(c2ccc(NC=O)cc2Cl)CC1. The molecule has 4 nitrogen and oxygen atoms in total. The number of piperazine rings is 1. The number of hydrogen-bond donors (Lipinski definition) is 1. The summed E-state index contributed by atoms with van der Waals surface area (Å²) in [6, 6.07) is 5.61. The highest BCUT2D eigenvalue weighted by molar-refractivity contribution is 6.33. The van der Waals surface area contributed by atoms with Gasteiger partial charge in [0.25, 0.3) is 0 Å². The smallest absolute Gasteiger partial charge is 0.211 e. The van der Waals surface area contributed by atoms with Crippen LogP contribution >= 0.6 is 11.6 Å². The first-order valence-electron chi connectivity index (χ1n) is 5.64. The molecule has 0 bridgehead atoms. The zero-order chi connectivity index (χ0) is 12.3. The van der Waals surface area contributed by atoms with Gasteiger partial charge in [0.05, 0.1) is 10.7 Å². The van der Waals surface area contributed by atoms with Crippen molar-refractivity contribution < 1.29 is 4.79 Å². The van der Waals surface area contributed by atoms with Gasteiger partial charge < -0.3 is 15.1 Å². The predicted octanol–water partition coefficient (Wildman–Crippen LogP) is 1.66. The number of likely N-dealkylation sites (N-methyl/N-ethyl adjacent to an activating group) is 1. The fourth-order valence-electron chi connectivity index (χ4n) is 1.97. The van der Waals surface area contributed by atoms with E-state index in [0.717, 1.165) is 37.6 Å². The van der Waals surface area contributed by atoms with Crippen LogP contribution in [0.25, 0.3) is 0 Å². The summed E-state index contributed by atoms with van der Waals surface area (Å²) in [5, 5.41) is 3.28. The first-order valence-corrected chi connectivity index (χ1v) is 6.02. The Labute approximate surface area is 106 Å². The maximum absolute atomic E-state index is 10.3. The van der Waals surface area contributed by atoms with E-state index in [4.69, 9.17) is 11.6 Å². The number of carbonyl (C=O) groups excluding carboxylic acids is 1. The van der Waals surface area contributed by atoms with Crippen molar-refractivity contribution >= 4 is 29.4 Å². The molecule has 1 fully saturated rings. The van der Waals surface area contributed by atoms with E-state index in [2.05, 4.69) is 22.2 Å². The van der Waals surface area contributed by atoms with Gasteiger partial charge in [-0.25, -0.2) is 0 Å². The number of benzene rings is 1. The van der Waals surface area contributed by atoms with E-state index in [-0.39, 0.29) is 0 Å². The van der Waals surface area contributed by atoms with Gasteiger partial charge in [0.15, 0.2) is 0 Å². The molecule has 1 aliphatic rings. The number of hydrogen-bond acceptors (Lipinski definition) is 3. The normalized spacial score (nSPS) is 16.9. The van der Waals surface area contributed by atoms with Crippen LogP contribution in [0.1, 0.15) is 0 Å². The molecule has 1 amide bonds. The Balaban J connectivity index is 2.13. The van der Waals surface area contributed by atoms with Crippen molar-refractivity contribution in [3.8, 4) is 0 Å². The third kappa shape index (κ3) is 2.90. The third-order valence-electron chi connectivity index (χ3n) is 3.02. The summed E-state index contributed by atoms with van der Waals surface area (Å²) in [7, 11) is 2.12. The van der Waals surface area contributed by atoms with E-state index in [0.29, 0.717) is 11.4 Å². The Kier molecular flexibility index (Phi) is 3.86. The van der Waals surface area contributed by atoms with Crippen LogP contribution in [-0.2, 0) is 4.79 Å². The summed E-state index contributed by atoms with van der Waals surface area (Å²) >= 11 is 6.22. The molecule has 1 saturated heterocycles. The predicted molar refractivity (Wildman–Crippen MR) is 70.8 cm³/mol. The Morgan fingerprint density at radius 2 is 2.00 bits per heavy atom. The van der Waals surface area contributed by atoms with Crippen molar-refractivity contribution in [2.24, 2.45) is 0 Å². The van der Waals surface area contributed by atoms with E-state index in [9.17, 15) is 4.79 Å². The lowest BCUT2D eigenvalue weighted by atomic mass is 10.2. The number of anilines is 2. The van der Waals surface area contributed by atoms with Crippen molar-refractivity contribution in [1.82, 2.24) is 4.90 Å². The highest BCUT2D eigenvalue weighted by Gasteiger charge is 2.16. The Hall–Kier alpha value is -1.26. The van der Waals surface area contributed by atoms with Crippen LogP contribution in [0.3, 0.4) is 0 Å². The van der Waals surface area contributed by atoms with E-state index in [1.807, 2.05) is 12.1 Å². The molecule has 1 heterocycles. The Bertz CT molecular complexity index is 403. The van der Waals surface area contributed by atoms with E-state index < -0.39 is 0 Å². The van der Waals surface area contributed by atoms with Gasteiger partial charge in [0, 0.05) is 31.9 Å². The largest absolute Gasteiger partial charge is 0.368 e. The topological polar surface area (TPSA) is 35.6 Å². The second-order valence-corrected chi connectivity index (χ2v) is 4.63. The number of halogens is 1. The maximum Gasteiger partial charge on any atom is 0.211 e. The number of carbonyl (C=O) groups is 1. The highest BCUT2D eigenvalue weighted by atomic mass is 35.5. The zero-order valence-electron chi connectivity index (χ0n) is 9.82. The lowest BCUT2D eigenvalue weighted by Gasteiger charge is -2.34. The van der Waals surface area contributed by atoms with Crippen molar-refractivity contribution in [3.63, 3.8) is 0 Å². The van der Waals surface area contributed by atoms with Crippen LogP contribution < -0.4 is 10.2 Å². The van der Waals surface area contributed by atoms with Crippen LogP contribution in [0, 0.1) is 0 Å². The molecule has 1 aliphatic heterocycles. The van der Waals surface area contributed by atoms with Crippen LogP contribution in [0.5, 0.6) is 0 Å². The minimum absolute atomic E-state index is 0.654. The molecular weight excluding hydrogens is 238 g/mol. The molecule has 1 aromatic rings. The monoisotopic (exact) mass is 253 g/mol. The standard InChI is InChI=1S/C12H16ClN3O/c1-15-4-6-16(7-5-15)12-3-2-10(14-9-17)8-11(12)13/h2-3,8-9H,4-7H2,1H3,(H,14,17). The molecule has 0 atom stereocenters. The number of nitrogens with one attached hydrogen (secondary N) is 1. The van der Waals surface area contributed by atoms with Crippen molar-refractivity contribution in [2.75, 3.05) is 43.4 Å². The second kappa shape index (κ2) is 5.38. The van der Waals surface area contributed by atoms with Crippen LogP contribution in [-0.4, -0.2) is 44.5 Å². The lowest BCUT2D eigenvalue weighted by molar-refractivity contribution is -0.105. The summed E-state index contributed by atoms with van der Waals surface area (Å²) in [6.07, 6.45) is 0.654. The summed E-state index contributed by atoms with van der Waals surface area (Å²) < 4.78 is 0. The van der Waals surface area contributed by atoms with Gasteiger partial charge in [-0.2, -0.15) is 0 Å². The van der Waals surface area contributed by atoms with Crippen molar-refractivity contribution in [1.29, 1.82) is 0 Å². The van der Waals surface area contributed by atoms with Crippen molar-refractivity contribution in [2.45, 2.75) is 0 Å². The molecular formula is C12H16ClN3O. The van der Waals surface area contributed by atoms with Crippen LogP contribution in [0.2, 0.25) is 5.02 Å². The van der Waals surface area contributed by atoms with E-state index in [1.165, 1.54) is 0 Å². The average Bonchev–Trinajstić information content (AvgIpc) is 2.31. The molecule has 17 heavy (non-hydrogen) atoms. The zero-order valence-corrected chi connectivity index (χ0v) is 10.6. The van der Waals surface area contributed by atoms with Crippen LogP contribution in [0.15, 0.2) is 18.2 Å². The third-order valence-corrected chi connectivity index (χ3v) is 3.32. The first kappa shape index (κ1) is 12.2. The molecule has 0 radical (unpaired) electrons. The minimum atomic E-state index is 0.654. The first-order chi connectivity index (χ1) is 8.20. The van der Waals surface area contributed by atoms with Gasteiger partial charge >= 0.3 is 0 Å². The molecule has 0 aromatic heterocycles. The summed E-state index contributed by atoms with van der Waals surface area (Å²) in [5.41, 5.74) is 1.76. The average molecular weight is 254 g/mol. The van der Waals surface area contributed by atoms with Gasteiger partial charge in [-0.15, -0.1) is 0 Å². The molecule has 2 rings (SSSR count). The van der Waals surface area contributed by atoms with Gasteiger partial charge in [-0.1, -0.05) is 11.6 Å². The Morgan fingerprint density at radius 3 is 2.59 bits per heavy atom. The number of nitrogens with zero attached hydrogens (tertiary/aromatic N) is 2. The number of rotatable bonds is 3. The quantitative estimate of drug-likeness (QED) is 0.833. The molecule has 0 spiro atoms. The second-order valence-electron chi connectivity index (χ2n) is 4.22. The van der Waals surface area contributed by atoms with Gasteiger partial charge in [-0.3, -0.25) is 4.79 Å². The minimum Gasteiger partial charge on any atom is -0.368 e. The van der Waals surface area contributed by atoms with Gasteiger partial charge in [-0.05, 0) is 25.2 Å². The van der Waals surface area contributed by atoms with Crippen molar-refractivity contribution in [3.05, 3.63) is 23.2 Å². The molecule has 1 N–H and O–H groups in total. The van der Waals surface area contributed by atoms with Gasteiger partial charge in [0.2, 0.25) is 6.41 Å². The number of amides is 1. The molecule has 1 aromatic carbocycles. The lowest BCUT2D eigenvalue weighted by Crippen LogP contribution is -2.44. The van der Waals surface area contributed by atoms with E-state index in [1.54, 1.807) is 6.07 Å². The highest BCUT2D eigenvalue weighted by Crippen LogP contribution is 2.29. The fraction of sp³-hybridized carbons (Fsp3) is 0.417. The summed E-state index contributed by atoms with van der Waals surface area (Å²) in [6.45, 7) is 4.06. The summed E-state index contributed by atoms with van der Waals surface area (Å²) in [5.74, 6) is 0. The summed E-state index contributed by atoms with van der Waals surface area (Å²) in [4.78, 5) is 14.9.